The lowest BCUT2D eigenvalue weighted by Gasteiger charge is -2.11. The van der Waals surface area contributed by atoms with Crippen LogP contribution in [0.5, 0.6) is 0 Å². The van der Waals surface area contributed by atoms with Crippen LogP contribution in [0.2, 0.25) is 0 Å². The van der Waals surface area contributed by atoms with Gasteiger partial charge in [-0.1, -0.05) is 103 Å². The van der Waals surface area contributed by atoms with Crippen molar-refractivity contribution in [1.82, 2.24) is 15.4 Å². The van der Waals surface area contributed by atoms with Crippen LogP contribution in [0, 0.1) is 20.2 Å². The summed E-state index contributed by atoms with van der Waals surface area (Å²) in [6, 6.07) is 5.40. The van der Waals surface area contributed by atoms with Gasteiger partial charge in [-0.3, -0.25) is 35.9 Å². The summed E-state index contributed by atoms with van der Waals surface area (Å²) in [7, 11) is 0. The van der Waals surface area contributed by atoms with Crippen LogP contribution < -0.4 is 16.2 Å². The molecular weight excluding hydrogens is 502 g/mol. The minimum Gasteiger partial charge on any atom is -0.364 e. The minimum absolute atomic E-state index is 0.0344. The molecule has 2 rings (SSSR count). The molecule has 39 heavy (non-hydrogen) atoms. The number of nitro benzene ring substituents is 1. The molecule has 0 aliphatic heterocycles. The zero-order valence-corrected chi connectivity index (χ0v) is 22.8. The Morgan fingerprint density at radius 2 is 1.31 bits per heavy atom. The average molecular weight is 544 g/mol. The highest BCUT2D eigenvalue weighted by Crippen LogP contribution is 2.28. The van der Waals surface area contributed by atoms with Gasteiger partial charge in [0.15, 0.2) is 0 Å². The molecule has 0 saturated carbocycles. The topological polar surface area (TPSA) is 165 Å². The van der Waals surface area contributed by atoms with Gasteiger partial charge in [0.2, 0.25) is 11.6 Å². The molecule has 1 aromatic carbocycles. The number of nitrogens with one attached hydrogen (secondary N) is 3. The maximum Gasteiger partial charge on any atom is 0.354 e. The molecule has 1 amide bonds. The van der Waals surface area contributed by atoms with E-state index < -0.39 is 21.4 Å². The summed E-state index contributed by atoms with van der Waals surface area (Å²) in [6.07, 6.45) is 18.6. The van der Waals surface area contributed by atoms with Crippen molar-refractivity contribution in [2.45, 2.75) is 96.8 Å². The number of amides is 1. The smallest absolute Gasteiger partial charge is 0.354 e. The maximum absolute atomic E-state index is 12.4. The van der Waals surface area contributed by atoms with Crippen molar-refractivity contribution in [3.05, 3.63) is 56.4 Å². The second-order valence-electron chi connectivity index (χ2n) is 9.55. The summed E-state index contributed by atoms with van der Waals surface area (Å²) >= 11 is 0. The van der Waals surface area contributed by atoms with Crippen LogP contribution >= 0.6 is 0 Å². The van der Waals surface area contributed by atoms with Gasteiger partial charge in [0, 0.05) is 12.6 Å². The monoisotopic (exact) mass is 543 g/mol. The molecule has 12 nitrogen and oxygen atoms in total. The van der Waals surface area contributed by atoms with Gasteiger partial charge in [-0.25, -0.2) is 9.97 Å². The molecule has 0 atom stereocenters. The Kier molecular flexibility index (Phi) is 14.8. The van der Waals surface area contributed by atoms with Gasteiger partial charge >= 0.3 is 5.69 Å². The molecule has 1 heterocycles. The molecule has 0 radical (unpaired) electrons. The summed E-state index contributed by atoms with van der Waals surface area (Å²) in [5.41, 5.74) is 3.64. The zero-order valence-electron chi connectivity index (χ0n) is 22.8. The van der Waals surface area contributed by atoms with Crippen molar-refractivity contribution < 1.29 is 14.6 Å². The summed E-state index contributed by atoms with van der Waals surface area (Å²) in [5.74, 6) is -1.02. The van der Waals surface area contributed by atoms with Gasteiger partial charge in [0.05, 0.1) is 9.85 Å². The minimum atomic E-state index is -0.827. The number of para-hydroxylation sites is 1. The lowest BCUT2D eigenvalue weighted by atomic mass is 10.0. The van der Waals surface area contributed by atoms with E-state index in [4.69, 9.17) is 0 Å². The third-order valence-electron chi connectivity index (χ3n) is 6.47. The summed E-state index contributed by atoms with van der Waals surface area (Å²) < 4.78 is 0. The second-order valence-corrected chi connectivity index (χ2v) is 9.55. The molecule has 0 aliphatic carbocycles. The van der Waals surface area contributed by atoms with E-state index in [-0.39, 0.29) is 22.9 Å². The Hall–Kier alpha value is -3.83. The molecule has 0 aliphatic rings. The highest BCUT2D eigenvalue weighted by Gasteiger charge is 2.24. The first-order valence-electron chi connectivity index (χ1n) is 14.0. The van der Waals surface area contributed by atoms with Crippen LogP contribution in [0.1, 0.15) is 107 Å². The third-order valence-corrected chi connectivity index (χ3v) is 6.47. The standard InChI is InChI=1S/C27H41N7O5/c1-2-3-4-5-6-7-8-9-10-11-12-13-14-17-20-28-25-24(34(38)39)26(30-21-29-25)31-32-27(35)22-18-15-16-19-23(22)33(36)37/h15-16,18-19,21H,2-14,17,20H2,1H3,(H,32,35)(H2,28,29,30,31). The zero-order chi connectivity index (χ0) is 28.3. The lowest BCUT2D eigenvalue weighted by Crippen LogP contribution is -2.31. The van der Waals surface area contributed by atoms with Gasteiger partial charge < -0.3 is 5.32 Å². The SMILES string of the molecule is CCCCCCCCCCCCCCCCNc1ncnc(NNC(=O)c2ccccc2[N+](=O)[O-])c1[N+](=O)[O-]. The van der Waals surface area contributed by atoms with E-state index in [1.807, 2.05) is 0 Å². The summed E-state index contributed by atoms with van der Waals surface area (Å²) in [5, 5.41) is 25.8. The van der Waals surface area contributed by atoms with Crippen LogP contribution in [-0.4, -0.2) is 32.3 Å². The quantitative estimate of drug-likeness (QED) is 0.0858. The molecule has 0 saturated heterocycles. The number of nitrogens with zero attached hydrogens (tertiary/aromatic N) is 4. The molecule has 12 heteroatoms. The van der Waals surface area contributed by atoms with Crippen LogP contribution in [0.4, 0.5) is 23.0 Å². The largest absolute Gasteiger partial charge is 0.364 e. The fourth-order valence-corrected chi connectivity index (χ4v) is 4.31. The van der Waals surface area contributed by atoms with Gasteiger partial charge in [0.1, 0.15) is 11.9 Å². The highest BCUT2D eigenvalue weighted by molar-refractivity contribution is 5.98. The lowest BCUT2D eigenvalue weighted by molar-refractivity contribution is -0.385. The Labute approximate surface area is 229 Å². The highest BCUT2D eigenvalue weighted by atomic mass is 16.6. The molecule has 3 N–H and O–H groups in total. The normalized spacial score (nSPS) is 10.7. The number of hydrazine groups is 1. The number of benzene rings is 1. The van der Waals surface area contributed by atoms with Crippen LogP contribution in [0.25, 0.3) is 0 Å². The second kappa shape index (κ2) is 18.4. The molecule has 0 fully saturated rings. The van der Waals surface area contributed by atoms with Crippen LogP contribution in [-0.2, 0) is 0 Å². The van der Waals surface area contributed by atoms with Crippen LogP contribution in [0.3, 0.4) is 0 Å². The van der Waals surface area contributed by atoms with E-state index in [1.54, 1.807) is 0 Å². The van der Waals surface area contributed by atoms with Crippen molar-refractivity contribution in [1.29, 1.82) is 0 Å². The predicted octanol–water partition coefficient (Wildman–Crippen LogP) is 6.94. The summed E-state index contributed by atoms with van der Waals surface area (Å²) in [6.45, 7) is 2.75. The average Bonchev–Trinajstić information content (AvgIpc) is 2.93. The number of hydrogen-bond donors (Lipinski definition) is 3. The first kappa shape index (κ1) is 31.4. The Balaban J connectivity index is 1.70. The van der Waals surface area contributed by atoms with Gasteiger partial charge in [-0.2, -0.15) is 0 Å². The molecular formula is C27H41N7O5. The number of anilines is 2. The number of carbonyl (C=O) groups excluding carboxylic acids is 1. The predicted molar refractivity (Wildman–Crippen MR) is 152 cm³/mol. The molecule has 1 aromatic heterocycles. The molecule has 0 unspecified atom stereocenters. The number of nitro groups is 2. The molecule has 214 valence electrons. The Morgan fingerprint density at radius 3 is 1.87 bits per heavy atom. The number of hydrogen-bond acceptors (Lipinski definition) is 9. The van der Waals surface area contributed by atoms with E-state index >= 15 is 0 Å². The van der Waals surface area contributed by atoms with E-state index in [9.17, 15) is 25.0 Å². The van der Waals surface area contributed by atoms with E-state index in [2.05, 4.69) is 33.1 Å². The first-order chi connectivity index (χ1) is 19.0. The van der Waals surface area contributed by atoms with Gasteiger partial charge in [-0.15, -0.1) is 0 Å². The van der Waals surface area contributed by atoms with Crippen molar-refractivity contribution in [2.24, 2.45) is 0 Å². The summed E-state index contributed by atoms with van der Waals surface area (Å²) in [4.78, 5) is 41.8. The number of aromatic nitrogens is 2. The number of rotatable bonds is 21. The van der Waals surface area contributed by atoms with Crippen molar-refractivity contribution in [3.63, 3.8) is 0 Å². The van der Waals surface area contributed by atoms with Gasteiger partial charge in [0.25, 0.3) is 11.6 Å². The fourth-order valence-electron chi connectivity index (χ4n) is 4.31. The van der Waals surface area contributed by atoms with Gasteiger partial charge in [-0.05, 0) is 12.5 Å². The van der Waals surface area contributed by atoms with Crippen LogP contribution in [0.15, 0.2) is 30.6 Å². The van der Waals surface area contributed by atoms with E-state index in [0.717, 1.165) is 25.6 Å². The van der Waals surface area contributed by atoms with Crippen molar-refractivity contribution in [3.8, 4) is 0 Å². The van der Waals surface area contributed by atoms with Crippen molar-refractivity contribution >= 4 is 28.9 Å². The van der Waals surface area contributed by atoms with E-state index in [1.165, 1.54) is 94.9 Å². The van der Waals surface area contributed by atoms with E-state index in [0.29, 0.717) is 6.54 Å². The Morgan fingerprint density at radius 1 is 0.769 bits per heavy atom. The number of unbranched alkanes of at least 4 members (excludes halogenated alkanes) is 13. The Bertz CT molecular complexity index is 1050. The number of carbonyl (C=O) groups is 1. The van der Waals surface area contributed by atoms with Crippen molar-refractivity contribution in [2.75, 3.05) is 17.3 Å². The molecule has 0 bridgehead atoms. The first-order valence-corrected chi connectivity index (χ1v) is 14.0. The molecule has 2 aromatic rings. The maximum atomic E-state index is 12.4. The third kappa shape index (κ3) is 11.6. The molecule has 0 spiro atoms. The fraction of sp³-hybridized carbons (Fsp3) is 0.593.